The molecule has 1 aliphatic rings. The molecule has 0 radical (unpaired) electrons. The summed E-state index contributed by atoms with van der Waals surface area (Å²) in [4.78, 5) is 16.5. The van der Waals surface area contributed by atoms with Crippen molar-refractivity contribution in [1.29, 1.82) is 0 Å². The van der Waals surface area contributed by atoms with E-state index in [-0.39, 0.29) is 12.1 Å². The summed E-state index contributed by atoms with van der Waals surface area (Å²) in [6.07, 6.45) is -0.200. The first kappa shape index (κ1) is 17.5. The number of hydrogen-bond acceptors (Lipinski definition) is 3. The highest BCUT2D eigenvalue weighted by molar-refractivity contribution is 14.1. The van der Waals surface area contributed by atoms with E-state index in [1.807, 2.05) is 25.7 Å². The number of nitrogens with zero attached hydrogens (tertiary/aromatic N) is 2. The van der Waals surface area contributed by atoms with Crippen LogP contribution in [-0.2, 0) is 11.3 Å². The molecule has 0 spiro atoms. The maximum absolute atomic E-state index is 12.2. The van der Waals surface area contributed by atoms with Gasteiger partial charge in [0.15, 0.2) is 0 Å². The van der Waals surface area contributed by atoms with E-state index < -0.39 is 5.60 Å². The van der Waals surface area contributed by atoms with Gasteiger partial charge in [0.05, 0.1) is 0 Å². The largest absolute Gasteiger partial charge is 0.444 e. The number of carbonyl (C=O) groups is 1. The van der Waals surface area contributed by atoms with Crippen LogP contribution in [0.5, 0.6) is 0 Å². The molecule has 1 fully saturated rings. The van der Waals surface area contributed by atoms with Crippen molar-refractivity contribution in [2.75, 3.05) is 19.6 Å². The maximum Gasteiger partial charge on any atom is 0.410 e. The Morgan fingerprint density at radius 1 is 1.32 bits per heavy atom. The minimum atomic E-state index is -0.436. The van der Waals surface area contributed by atoms with Crippen LogP contribution >= 0.6 is 22.6 Å². The van der Waals surface area contributed by atoms with Crippen molar-refractivity contribution < 1.29 is 9.53 Å². The first-order valence-electron chi connectivity index (χ1n) is 7.71. The van der Waals surface area contributed by atoms with Crippen LogP contribution < -0.4 is 0 Å². The molecule has 122 valence electrons. The van der Waals surface area contributed by atoms with Crippen LogP contribution in [0, 0.1) is 3.57 Å². The van der Waals surface area contributed by atoms with Gasteiger partial charge in [-0.05, 0) is 61.9 Å². The van der Waals surface area contributed by atoms with E-state index in [2.05, 4.69) is 58.7 Å². The van der Waals surface area contributed by atoms with E-state index in [0.717, 1.165) is 26.2 Å². The van der Waals surface area contributed by atoms with Crippen molar-refractivity contribution in [2.24, 2.45) is 0 Å². The van der Waals surface area contributed by atoms with Gasteiger partial charge in [0, 0.05) is 35.8 Å². The van der Waals surface area contributed by atoms with E-state index in [1.165, 1.54) is 9.13 Å². The highest BCUT2D eigenvalue weighted by Crippen LogP contribution is 2.19. The number of amides is 1. The van der Waals surface area contributed by atoms with Crippen molar-refractivity contribution in [3.63, 3.8) is 0 Å². The normalized spacial score (nSPS) is 20.0. The Labute approximate surface area is 146 Å². The lowest BCUT2D eigenvalue weighted by atomic mass is 10.1. The third-order valence-electron chi connectivity index (χ3n) is 3.69. The molecule has 0 saturated carbocycles. The standard InChI is InChI=1S/C17H25IN2O2/c1-13-11-19(12-14-7-5-6-8-15(14)18)9-10-20(13)16(21)22-17(2,3)4/h5-8,13H,9-12H2,1-4H3/t13-/m1/s1. The van der Waals surface area contributed by atoms with Crippen LogP contribution in [0.15, 0.2) is 24.3 Å². The Morgan fingerprint density at radius 2 is 2.00 bits per heavy atom. The lowest BCUT2D eigenvalue weighted by molar-refractivity contribution is 0.000539. The van der Waals surface area contributed by atoms with E-state index >= 15 is 0 Å². The molecule has 1 aromatic carbocycles. The van der Waals surface area contributed by atoms with Gasteiger partial charge in [-0.2, -0.15) is 0 Å². The summed E-state index contributed by atoms with van der Waals surface area (Å²) in [5.41, 5.74) is 0.912. The number of halogens is 1. The van der Waals surface area contributed by atoms with Crippen molar-refractivity contribution in [3.05, 3.63) is 33.4 Å². The Kier molecular flexibility index (Phi) is 5.71. The zero-order chi connectivity index (χ0) is 16.3. The van der Waals surface area contributed by atoms with Gasteiger partial charge < -0.3 is 9.64 Å². The SMILES string of the molecule is C[C@@H]1CN(Cc2ccccc2I)CCN1C(=O)OC(C)(C)C. The summed E-state index contributed by atoms with van der Waals surface area (Å²) in [5.74, 6) is 0. The Morgan fingerprint density at radius 3 is 2.59 bits per heavy atom. The van der Waals surface area contributed by atoms with Crippen LogP contribution in [0.2, 0.25) is 0 Å². The Hall–Kier alpha value is -0.820. The molecule has 0 N–H and O–H groups in total. The molecule has 2 rings (SSSR count). The van der Waals surface area contributed by atoms with E-state index in [9.17, 15) is 4.79 Å². The highest BCUT2D eigenvalue weighted by Gasteiger charge is 2.30. The van der Waals surface area contributed by atoms with Crippen LogP contribution in [0.1, 0.15) is 33.3 Å². The predicted molar refractivity (Wildman–Crippen MR) is 96.8 cm³/mol. The predicted octanol–water partition coefficient (Wildman–Crippen LogP) is 3.73. The fraction of sp³-hybridized carbons (Fsp3) is 0.588. The first-order valence-corrected chi connectivity index (χ1v) is 8.79. The summed E-state index contributed by atoms with van der Waals surface area (Å²) in [6, 6.07) is 8.62. The number of piperazine rings is 1. The smallest absolute Gasteiger partial charge is 0.410 e. The van der Waals surface area contributed by atoms with Gasteiger partial charge in [-0.15, -0.1) is 0 Å². The van der Waals surface area contributed by atoms with Crippen molar-refractivity contribution in [2.45, 2.75) is 45.9 Å². The minimum absolute atomic E-state index is 0.171. The third kappa shape index (κ3) is 4.84. The molecule has 1 heterocycles. The van der Waals surface area contributed by atoms with Crippen molar-refractivity contribution >= 4 is 28.7 Å². The lowest BCUT2D eigenvalue weighted by Crippen LogP contribution is -2.54. The van der Waals surface area contributed by atoms with Crippen LogP contribution in [-0.4, -0.2) is 47.2 Å². The molecule has 0 aliphatic carbocycles. The zero-order valence-electron chi connectivity index (χ0n) is 13.8. The Bertz CT molecular complexity index is 528. The van der Waals surface area contributed by atoms with Crippen LogP contribution in [0.25, 0.3) is 0 Å². The molecule has 1 saturated heterocycles. The summed E-state index contributed by atoms with van der Waals surface area (Å²) in [7, 11) is 0. The van der Waals surface area contributed by atoms with Gasteiger partial charge in [0.1, 0.15) is 5.60 Å². The molecular formula is C17H25IN2O2. The molecule has 0 aromatic heterocycles. The molecule has 0 unspecified atom stereocenters. The zero-order valence-corrected chi connectivity index (χ0v) is 16.0. The number of carbonyl (C=O) groups excluding carboxylic acids is 1. The summed E-state index contributed by atoms with van der Waals surface area (Å²) >= 11 is 2.38. The second-order valence-corrected chi connectivity index (χ2v) is 8.01. The molecule has 5 heteroatoms. The highest BCUT2D eigenvalue weighted by atomic mass is 127. The van der Waals surface area contributed by atoms with Crippen molar-refractivity contribution in [1.82, 2.24) is 9.80 Å². The van der Waals surface area contributed by atoms with Gasteiger partial charge in [-0.25, -0.2) is 4.79 Å². The van der Waals surface area contributed by atoms with Gasteiger partial charge >= 0.3 is 6.09 Å². The van der Waals surface area contributed by atoms with Crippen LogP contribution in [0.3, 0.4) is 0 Å². The van der Waals surface area contributed by atoms with Gasteiger partial charge in [0.2, 0.25) is 0 Å². The number of ether oxygens (including phenoxy) is 1. The second kappa shape index (κ2) is 7.17. The quantitative estimate of drug-likeness (QED) is 0.689. The maximum atomic E-state index is 12.2. The fourth-order valence-electron chi connectivity index (χ4n) is 2.64. The fourth-order valence-corrected chi connectivity index (χ4v) is 3.19. The van der Waals surface area contributed by atoms with E-state index in [1.54, 1.807) is 0 Å². The molecule has 0 bridgehead atoms. The van der Waals surface area contributed by atoms with Crippen LogP contribution in [0.4, 0.5) is 4.79 Å². The summed E-state index contributed by atoms with van der Waals surface area (Å²) in [6.45, 7) is 11.2. The van der Waals surface area contributed by atoms with E-state index in [4.69, 9.17) is 4.74 Å². The molecule has 1 atom stereocenters. The van der Waals surface area contributed by atoms with Gasteiger partial charge in [0.25, 0.3) is 0 Å². The second-order valence-electron chi connectivity index (χ2n) is 6.85. The minimum Gasteiger partial charge on any atom is -0.444 e. The number of hydrogen-bond donors (Lipinski definition) is 0. The lowest BCUT2D eigenvalue weighted by Gasteiger charge is -2.40. The van der Waals surface area contributed by atoms with E-state index in [0.29, 0.717) is 0 Å². The third-order valence-corrected chi connectivity index (χ3v) is 4.74. The number of rotatable bonds is 2. The average molecular weight is 416 g/mol. The Balaban J connectivity index is 1.93. The van der Waals surface area contributed by atoms with Crippen molar-refractivity contribution in [3.8, 4) is 0 Å². The summed E-state index contributed by atoms with van der Waals surface area (Å²) in [5, 5.41) is 0. The molecule has 22 heavy (non-hydrogen) atoms. The number of benzene rings is 1. The molecule has 1 aliphatic heterocycles. The molecule has 1 aromatic rings. The topological polar surface area (TPSA) is 32.8 Å². The summed E-state index contributed by atoms with van der Waals surface area (Å²) < 4.78 is 6.78. The van der Waals surface area contributed by atoms with Gasteiger partial charge in [-0.3, -0.25) is 4.90 Å². The molecule has 4 nitrogen and oxygen atoms in total. The molecular weight excluding hydrogens is 391 g/mol. The van der Waals surface area contributed by atoms with Gasteiger partial charge in [-0.1, -0.05) is 18.2 Å². The molecule has 1 amide bonds. The average Bonchev–Trinajstić information content (AvgIpc) is 2.39. The first-order chi connectivity index (χ1) is 10.3. The monoisotopic (exact) mass is 416 g/mol.